The zero-order chi connectivity index (χ0) is 13.7. The molecule has 0 saturated carbocycles. The van der Waals surface area contributed by atoms with Crippen LogP contribution in [0.2, 0.25) is 0 Å². The summed E-state index contributed by atoms with van der Waals surface area (Å²) in [5, 5.41) is 0. The van der Waals surface area contributed by atoms with Crippen molar-refractivity contribution in [2.24, 2.45) is 5.92 Å². The van der Waals surface area contributed by atoms with Gasteiger partial charge in [0.1, 0.15) is 5.82 Å². The number of hydrogen-bond donors (Lipinski definition) is 1. The lowest BCUT2D eigenvalue weighted by Gasteiger charge is -2.30. The van der Waals surface area contributed by atoms with Gasteiger partial charge in [-0.2, -0.15) is 0 Å². The van der Waals surface area contributed by atoms with Crippen LogP contribution in [0.15, 0.2) is 18.2 Å². The number of piperidine rings is 1. The highest BCUT2D eigenvalue weighted by atomic mass is 16.5. The number of carbonyl (C=O) groups excluding carboxylic acids is 1. The SMILES string of the molecule is CCOC(=O)C1CCN(Cc2cccc(N)n2)CC1. The van der Waals surface area contributed by atoms with Crippen LogP contribution in [0.4, 0.5) is 5.82 Å². The highest BCUT2D eigenvalue weighted by molar-refractivity contribution is 5.72. The lowest BCUT2D eigenvalue weighted by molar-refractivity contribution is -0.149. The summed E-state index contributed by atoms with van der Waals surface area (Å²) in [7, 11) is 0. The number of pyridine rings is 1. The first-order valence-electron chi connectivity index (χ1n) is 6.79. The molecule has 1 fully saturated rings. The van der Waals surface area contributed by atoms with Gasteiger partial charge in [-0.3, -0.25) is 9.69 Å². The Balaban J connectivity index is 1.82. The number of esters is 1. The summed E-state index contributed by atoms with van der Waals surface area (Å²) < 4.78 is 5.06. The summed E-state index contributed by atoms with van der Waals surface area (Å²) in [6.45, 7) is 4.91. The predicted octanol–water partition coefficient (Wildman–Crippen LogP) is 1.44. The fourth-order valence-electron chi connectivity index (χ4n) is 2.40. The molecule has 1 aromatic heterocycles. The van der Waals surface area contributed by atoms with E-state index in [1.165, 1.54) is 0 Å². The van der Waals surface area contributed by atoms with Gasteiger partial charge < -0.3 is 10.5 Å². The van der Waals surface area contributed by atoms with E-state index in [4.69, 9.17) is 10.5 Å². The van der Waals surface area contributed by atoms with Crippen LogP contribution in [-0.2, 0) is 16.1 Å². The van der Waals surface area contributed by atoms with Gasteiger partial charge in [0.15, 0.2) is 0 Å². The molecular weight excluding hydrogens is 242 g/mol. The van der Waals surface area contributed by atoms with Crippen molar-refractivity contribution in [1.82, 2.24) is 9.88 Å². The van der Waals surface area contributed by atoms with Gasteiger partial charge in [-0.25, -0.2) is 4.98 Å². The quantitative estimate of drug-likeness (QED) is 0.832. The van der Waals surface area contributed by atoms with Crippen LogP contribution in [0.3, 0.4) is 0 Å². The zero-order valence-corrected chi connectivity index (χ0v) is 11.3. The maximum Gasteiger partial charge on any atom is 0.309 e. The third kappa shape index (κ3) is 3.92. The Morgan fingerprint density at radius 3 is 2.84 bits per heavy atom. The number of ether oxygens (including phenoxy) is 1. The molecule has 1 saturated heterocycles. The van der Waals surface area contributed by atoms with Crippen LogP contribution in [0, 0.1) is 5.92 Å². The first kappa shape index (κ1) is 13.8. The molecule has 104 valence electrons. The van der Waals surface area contributed by atoms with E-state index in [2.05, 4.69) is 9.88 Å². The number of carbonyl (C=O) groups is 1. The Morgan fingerprint density at radius 2 is 2.21 bits per heavy atom. The molecule has 0 amide bonds. The van der Waals surface area contributed by atoms with Crippen molar-refractivity contribution in [3.05, 3.63) is 23.9 Å². The zero-order valence-electron chi connectivity index (χ0n) is 11.3. The number of anilines is 1. The molecule has 2 N–H and O–H groups in total. The standard InChI is InChI=1S/C14H21N3O2/c1-2-19-14(18)11-6-8-17(9-7-11)10-12-4-3-5-13(15)16-12/h3-5,11H,2,6-10H2,1H3,(H2,15,16). The van der Waals surface area contributed by atoms with Crippen molar-refractivity contribution < 1.29 is 9.53 Å². The Kier molecular flexibility index (Phi) is 4.74. The van der Waals surface area contributed by atoms with Gasteiger partial charge in [0, 0.05) is 6.54 Å². The molecule has 0 radical (unpaired) electrons. The maximum absolute atomic E-state index is 11.6. The second-order valence-electron chi connectivity index (χ2n) is 4.86. The minimum Gasteiger partial charge on any atom is -0.466 e. The summed E-state index contributed by atoms with van der Waals surface area (Å²) in [6, 6.07) is 5.69. The lowest BCUT2D eigenvalue weighted by Crippen LogP contribution is -2.36. The molecule has 1 aliphatic rings. The highest BCUT2D eigenvalue weighted by Gasteiger charge is 2.25. The van der Waals surface area contributed by atoms with E-state index in [0.717, 1.165) is 38.2 Å². The van der Waals surface area contributed by atoms with E-state index < -0.39 is 0 Å². The van der Waals surface area contributed by atoms with Crippen molar-refractivity contribution >= 4 is 11.8 Å². The monoisotopic (exact) mass is 263 g/mol. The summed E-state index contributed by atoms with van der Waals surface area (Å²) in [5.41, 5.74) is 6.65. The molecule has 0 aromatic carbocycles. The fourth-order valence-corrected chi connectivity index (χ4v) is 2.40. The van der Waals surface area contributed by atoms with E-state index in [1.807, 2.05) is 19.1 Å². The molecular formula is C14H21N3O2. The van der Waals surface area contributed by atoms with E-state index in [0.29, 0.717) is 12.4 Å². The first-order valence-corrected chi connectivity index (χ1v) is 6.79. The summed E-state index contributed by atoms with van der Waals surface area (Å²) >= 11 is 0. The normalized spacial score (nSPS) is 17.3. The van der Waals surface area contributed by atoms with Gasteiger partial charge in [-0.05, 0) is 45.0 Å². The van der Waals surface area contributed by atoms with E-state index in [9.17, 15) is 4.79 Å². The third-order valence-corrected chi connectivity index (χ3v) is 3.42. The molecule has 19 heavy (non-hydrogen) atoms. The molecule has 0 atom stereocenters. The van der Waals surface area contributed by atoms with Crippen molar-refractivity contribution in [3.8, 4) is 0 Å². The smallest absolute Gasteiger partial charge is 0.309 e. The van der Waals surface area contributed by atoms with Crippen LogP contribution in [0.1, 0.15) is 25.5 Å². The predicted molar refractivity (Wildman–Crippen MR) is 73.3 cm³/mol. The molecule has 1 aromatic rings. The van der Waals surface area contributed by atoms with Gasteiger partial charge in [0.25, 0.3) is 0 Å². The first-order chi connectivity index (χ1) is 9.19. The van der Waals surface area contributed by atoms with E-state index in [1.54, 1.807) is 6.07 Å². The number of nitrogens with zero attached hydrogens (tertiary/aromatic N) is 2. The number of nitrogens with two attached hydrogens (primary N) is 1. The Hall–Kier alpha value is -1.62. The molecule has 2 rings (SSSR count). The van der Waals surface area contributed by atoms with Gasteiger partial charge in [0.2, 0.25) is 0 Å². The van der Waals surface area contributed by atoms with Gasteiger partial charge >= 0.3 is 5.97 Å². The average Bonchev–Trinajstić information content (AvgIpc) is 2.40. The lowest BCUT2D eigenvalue weighted by atomic mass is 9.97. The number of likely N-dealkylation sites (tertiary alicyclic amines) is 1. The van der Waals surface area contributed by atoms with E-state index >= 15 is 0 Å². The highest BCUT2D eigenvalue weighted by Crippen LogP contribution is 2.20. The minimum atomic E-state index is -0.0516. The van der Waals surface area contributed by atoms with Crippen molar-refractivity contribution in [2.45, 2.75) is 26.3 Å². The number of rotatable bonds is 4. The maximum atomic E-state index is 11.6. The largest absolute Gasteiger partial charge is 0.466 e. The van der Waals surface area contributed by atoms with Crippen LogP contribution in [0.5, 0.6) is 0 Å². The van der Waals surface area contributed by atoms with Crippen LogP contribution >= 0.6 is 0 Å². The van der Waals surface area contributed by atoms with Crippen LogP contribution < -0.4 is 5.73 Å². The van der Waals surface area contributed by atoms with Crippen LogP contribution in [0.25, 0.3) is 0 Å². The molecule has 5 heteroatoms. The summed E-state index contributed by atoms with van der Waals surface area (Å²) in [5.74, 6) is 0.563. The number of aromatic nitrogens is 1. The van der Waals surface area contributed by atoms with Gasteiger partial charge in [0.05, 0.1) is 18.2 Å². The average molecular weight is 263 g/mol. The van der Waals surface area contributed by atoms with Gasteiger partial charge in [-0.15, -0.1) is 0 Å². The van der Waals surface area contributed by atoms with Crippen LogP contribution in [-0.4, -0.2) is 35.5 Å². The molecule has 0 unspecified atom stereocenters. The second kappa shape index (κ2) is 6.52. The van der Waals surface area contributed by atoms with E-state index in [-0.39, 0.29) is 11.9 Å². The van der Waals surface area contributed by atoms with Crippen molar-refractivity contribution in [3.63, 3.8) is 0 Å². The molecule has 2 heterocycles. The van der Waals surface area contributed by atoms with Crippen molar-refractivity contribution in [1.29, 1.82) is 0 Å². The van der Waals surface area contributed by atoms with Crippen molar-refractivity contribution in [2.75, 3.05) is 25.4 Å². The molecule has 0 spiro atoms. The molecule has 5 nitrogen and oxygen atoms in total. The third-order valence-electron chi connectivity index (χ3n) is 3.42. The Labute approximate surface area is 113 Å². The Bertz CT molecular complexity index is 428. The molecule has 0 aliphatic carbocycles. The molecule has 1 aliphatic heterocycles. The summed E-state index contributed by atoms with van der Waals surface area (Å²) in [6.07, 6.45) is 1.72. The topological polar surface area (TPSA) is 68.5 Å². The second-order valence-corrected chi connectivity index (χ2v) is 4.86. The van der Waals surface area contributed by atoms with Gasteiger partial charge in [-0.1, -0.05) is 6.07 Å². The number of nitrogen functional groups attached to an aromatic ring is 1. The minimum absolute atomic E-state index is 0.0516. The summed E-state index contributed by atoms with van der Waals surface area (Å²) in [4.78, 5) is 18.2. The Morgan fingerprint density at radius 1 is 1.47 bits per heavy atom. The molecule has 0 bridgehead atoms. The number of hydrogen-bond acceptors (Lipinski definition) is 5. The fraction of sp³-hybridized carbons (Fsp3) is 0.571.